The van der Waals surface area contributed by atoms with Crippen LogP contribution in [0.5, 0.6) is 5.75 Å². The first kappa shape index (κ1) is 18.3. The Bertz CT molecular complexity index is 908. The predicted molar refractivity (Wildman–Crippen MR) is 103 cm³/mol. The van der Waals surface area contributed by atoms with Gasteiger partial charge in [-0.15, -0.1) is 0 Å². The van der Waals surface area contributed by atoms with Crippen molar-refractivity contribution >= 4 is 17.6 Å². The highest BCUT2D eigenvalue weighted by Gasteiger charge is 2.40. The van der Waals surface area contributed by atoms with Crippen molar-refractivity contribution in [3.05, 3.63) is 18.3 Å². The normalized spacial score (nSPS) is 23.4. The molecule has 5 heterocycles. The van der Waals surface area contributed by atoms with E-state index in [1.165, 1.54) is 12.3 Å². The molecule has 29 heavy (non-hydrogen) atoms. The number of pyridine rings is 1. The van der Waals surface area contributed by atoms with E-state index >= 15 is 0 Å². The Morgan fingerprint density at radius 3 is 2.72 bits per heavy atom. The van der Waals surface area contributed by atoms with E-state index in [2.05, 4.69) is 19.5 Å². The summed E-state index contributed by atoms with van der Waals surface area (Å²) in [6.45, 7) is 0.310. The van der Waals surface area contributed by atoms with E-state index < -0.39 is 6.61 Å². The minimum atomic E-state index is -2.98. The number of nitrogen functional groups attached to an aromatic ring is 1. The summed E-state index contributed by atoms with van der Waals surface area (Å²) >= 11 is 0. The SMILES string of the molecule is Nc1ncc(-c2cc(N3C[C@H]4C[C@@H]3CO4)nc(N3CCCC3)n2)cc1OC(F)F. The molecule has 2 aromatic rings. The van der Waals surface area contributed by atoms with Gasteiger partial charge in [0.25, 0.3) is 0 Å². The van der Waals surface area contributed by atoms with E-state index in [1.54, 1.807) is 0 Å². The molecular weight excluding hydrogens is 382 g/mol. The van der Waals surface area contributed by atoms with Crippen molar-refractivity contribution < 1.29 is 18.3 Å². The number of anilines is 3. The fraction of sp³-hybridized carbons (Fsp3) is 0.526. The summed E-state index contributed by atoms with van der Waals surface area (Å²) in [5, 5.41) is 0. The van der Waals surface area contributed by atoms with E-state index in [9.17, 15) is 8.78 Å². The van der Waals surface area contributed by atoms with Crippen molar-refractivity contribution in [2.24, 2.45) is 0 Å². The van der Waals surface area contributed by atoms with Gasteiger partial charge in [0.15, 0.2) is 11.6 Å². The smallest absolute Gasteiger partial charge is 0.387 e. The van der Waals surface area contributed by atoms with Crippen molar-refractivity contribution in [2.75, 3.05) is 41.8 Å². The molecule has 0 radical (unpaired) electrons. The van der Waals surface area contributed by atoms with Crippen LogP contribution >= 0.6 is 0 Å². The topological polar surface area (TPSA) is 89.6 Å². The van der Waals surface area contributed by atoms with E-state index in [1.807, 2.05) is 6.07 Å². The van der Waals surface area contributed by atoms with Gasteiger partial charge >= 0.3 is 6.61 Å². The maximum Gasteiger partial charge on any atom is 0.387 e. The van der Waals surface area contributed by atoms with Gasteiger partial charge in [0, 0.05) is 37.5 Å². The van der Waals surface area contributed by atoms with Crippen LogP contribution in [-0.4, -0.2) is 60.0 Å². The number of aromatic nitrogens is 3. The molecule has 3 aliphatic heterocycles. The molecule has 0 aromatic carbocycles. The van der Waals surface area contributed by atoms with Gasteiger partial charge in [0.05, 0.1) is 24.4 Å². The highest BCUT2D eigenvalue weighted by Crippen LogP contribution is 2.35. The lowest BCUT2D eigenvalue weighted by Crippen LogP contribution is -2.38. The minimum absolute atomic E-state index is 0.0860. The molecule has 154 valence electrons. The Labute approximate surface area is 166 Å². The zero-order valence-electron chi connectivity index (χ0n) is 15.8. The molecule has 3 aliphatic rings. The van der Waals surface area contributed by atoms with E-state index in [-0.39, 0.29) is 17.7 Å². The monoisotopic (exact) mass is 404 g/mol. The second kappa shape index (κ2) is 7.25. The van der Waals surface area contributed by atoms with Gasteiger partial charge in [0.2, 0.25) is 5.95 Å². The molecule has 2 N–H and O–H groups in total. The van der Waals surface area contributed by atoms with Crippen LogP contribution < -0.4 is 20.3 Å². The quantitative estimate of drug-likeness (QED) is 0.812. The third-order valence-electron chi connectivity index (χ3n) is 5.68. The summed E-state index contributed by atoms with van der Waals surface area (Å²) in [6.07, 6.45) is 4.95. The zero-order chi connectivity index (χ0) is 20.0. The average molecular weight is 404 g/mol. The Morgan fingerprint density at radius 1 is 1.21 bits per heavy atom. The highest BCUT2D eigenvalue weighted by atomic mass is 19.3. The zero-order valence-corrected chi connectivity index (χ0v) is 15.8. The lowest BCUT2D eigenvalue weighted by atomic mass is 10.2. The van der Waals surface area contributed by atoms with Gasteiger partial charge in [-0.3, -0.25) is 0 Å². The third kappa shape index (κ3) is 3.52. The lowest BCUT2D eigenvalue weighted by molar-refractivity contribution is -0.0494. The summed E-state index contributed by atoms with van der Waals surface area (Å²) in [4.78, 5) is 17.9. The number of rotatable bonds is 5. The van der Waals surface area contributed by atoms with Crippen molar-refractivity contribution in [1.82, 2.24) is 15.0 Å². The Kier molecular flexibility index (Phi) is 4.57. The average Bonchev–Trinajstić information content (AvgIpc) is 3.47. The molecule has 0 unspecified atom stereocenters. The van der Waals surface area contributed by atoms with E-state index in [0.717, 1.165) is 44.7 Å². The van der Waals surface area contributed by atoms with Crippen molar-refractivity contribution in [1.29, 1.82) is 0 Å². The Balaban J connectivity index is 1.55. The first-order chi connectivity index (χ1) is 14.1. The van der Waals surface area contributed by atoms with Crippen LogP contribution in [0.4, 0.5) is 26.4 Å². The summed E-state index contributed by atoms with van der Waals surface area (Å²) in [5.74, 6) is 1.22. The lowest BCUT2D eigenvalue weighted by Gasteiger charge is -2.29. The summed E-state index contributed by atoms with van der Waals surface area (Å²) in [6, 6.07) is 3.63. The van der Waals surface area contributed by atoms with Gasteiger partial charge in [0.1, 0.15) is 5.82 Å². The fourth-order valence-corrected chi connectivity index (χ4v) is 4.24. The third-order valence-corrected chi connectivity index (χ3v) is 5.68. The molecule has 3 fully saturated rings. The molecule has 2 bridgehead atoms. The number of halogens is 2. The highest BCUT2D eigenvalue weighted by molar-refractivity contribution is 5.68. The minimum Gasteiger partial charge on any atom is -0.431 e. The standard InChI is InChI=1S/C19H22F2N6O2/c20-18(21)29-15-5-11(8-23-17(15)22)14-7-16(27-9-13-6-12(27)10-28-13)25-19(24-14)26-3-1-2-4-26/h5,7-8,12-13,18H,1-4,6,9-10H2,(H2,22,23)/t12-,13-/m1/s1. The maximum atomic E-state index is 12.7. The molecule has 0 spiro atoms. The van der Waals surface area contributed by atoms with E-state index in [0.29, 0.717) is 29.9 Å². The summed E-state index contributed by atoms with van der Waals surface area (Å²) in [7, 11) is 0. The molecular formula is C19H22F2N6O2. The van der Waals surface area contributed by atoms with E-state index in [4.69, 9.17) is 20.4 Å². The van der Waals surface area contributed by atoms with Crippen LogP contribution in [0.1, 0.15) is 19.3 Å². The van der Waals surface area contributed by atoms with Crippen molar-refractivity contribution in [2.45, 2.75) is 38.0 Å². The van der Waals surface area contributed by atoms with Crippen LogP contribution in [-0.2, 0) is 4.74 Å². The molecule has 2 atom stereocenters. The predicted octanol–water partition coefficient (Wildman–Crippen LogP) is 2.30. The van der Waals surface area contributed by atoms with Crippen LogP contribution in [0.15, 0.2) is 18.3 Å². The largest absolute Gasteiger partial charge is 0.431 e. The molecule has 10 heteroatoms. The first-order valence-corrected chi connectivity index (χ1v) is 9.80. The second-order valence-electron chi connectivity index (χ2n) is 7.59. The molecule has 0 amide bonds. The molecule has 5 rings (SSSR count). The van der Waals surface area contributed by atoms with Crippen LogP contribution in [0.3, 0.4) is 0 Å². The van der Waals surface area contributed by atoms with Crippen molar-refractivity contribution in [3.8, 4) is 17.0 Å². The second-order valence-corrected chi connectivity index (χ2v) is 7.59. The number of hydrogen-bond donors (Lipinski definition) is 1. The summed E-state index contributed by atoms with van der Waals surface area (Å²) < 4.78 is 35.6. The van der Waals surface area contributed by atoms with Gasteiger partial charge in [-0.1, -0.05) is 0 Å². The number of fused-ring (bicyclic) bond motifs is 2. The van der Waals surface area contributed by atoms with Gasteiger partial charge in [-0.05, 0) is 25.3 Å². The number of ether oxygens (including phenoxy) is 2. The molecule has 0 saturated carbocycles. The van der Waals surface area contributed by atoms with Gasteiger partial charge < -0.3 is 25.0 Å². The number of alkyl halides is 2. The molecule has 2 aromatic heterocycles. The van der Waals surface area contributed by atoms with Crippen LogP contribution in [0, 0.1) is 0 Å². The first-order valence-electron chi connectivity index (χ1n) is 9.80. The van der Waals surface area contributed by atoms with Gasteiger partial charge in [-0.2, -0.15) is 13.8 Å². The van der Waals surface area contributed by atoms with Crippen molar-refractivity contribution in [3.63, 3.8) is 0 Å². The van der Waals surface area contributed by atoms with Crippen LogP contribution in [0.25, 0.3) is 11.3 Å². The Morgan fingerprint density at radius 2 is 2.03 bits per heavy atom. The molecule has 3 saturated heterocycles. The maximum absolute atomic E-state index is 12.7. The fourth-order valence-electron chi connectivity index (χ4n) is 4.24. The number of hydrogen-bond acceptors (Lipinski definition) is 8. The van der Waals surface area contributed by atoms with Crippen LogP contribution in [0.2, 0.25) is 0 Å². The number of nitrogens with zero attached hydrogens (tertiary/aromatic N) is 5. The Hall–Kier alpha value is -2.75. The molecule has 0 aliphatic carbocycles. The number of nitrogens with two attached hydrogens (primary N) is 1. The summed E-state index contributed by atoms with van der Waals surface area (Å²) in [5.41, 5.74) is 6.84. The molecule has 8 nitrogen and oxygen atoms in total. The van der Waals surface area contributed by atoms with Gasteiger partial charge in [-0.25, -0.2) is 9.97 Å². The number of morpholine rings is 1.